The number of carbonyl (C=O) groups excluding carboxylic acids is 1. The molecule has 0 spiro atoms. The van der Waals surface area contributed by atoms with Gasteiger partial charge in [-0.05, 0) is 19.8 Å². The van der Waals surface area contributed by atoms with E-state index in [1.165, 1.54) is 7.05 Å². The molecule has 1 aliphatic rings. The predicted molar refractivity (Wildman–Crippen MR) is 41.0 cm³/mol. The van der Waals surface area contributed by atoms with Gasteiger partial charge in [0.25, 0.3) is 0 Å². The average molecular weight is 195 g/mol. The topological polar surface area (TPSA) is 20.3 Å². The Kier molecular flexibility index (Phi) is 2.30. The van der Waals surface area contributed by atoms with E-state index in [1.54, 1.807) is 0 Å². The Labute approximate surface area is 74.7 Å². The molecule has 5 heteroatoms. The van der Waals surface area contributed by atoms with Crippen LogP contribution in [0.3, 0.4) is 0 Å². The SMILES string of the molecule is CN1CCCC(C)(C(F)(F)F)C1=O. The molecule has 13 heavy (non-hydrogen) atoms. The number of hydrogen-bond acceptors (Lipinski definition) is 1. The molecule has 0 aromatic rings. The fourth-order valence-corrected chi connectivity index (χ4v) is 1.56. The Bertz CT molecular complexity index is 226. The van der Waals surface area contributed by atoms with Gasteiger partial charge in [-0.25, -0.2) is 0 Å². The van der Waals surface area contributed by atoms with Crippen molar-refractivity contribution in [3.8, 4) is 0 Å². The van der Waals surface area contributed by atoms with Crippen molar-refractivity contribution in [1.82, 2.24) is 4.90 Å². The third kappa shape index (κ3) is 1.51. The zero-order chi connectivity index (χ0) is 10.3. The highest BCUT2D eigenvalue weighted by Gasteiger charge is 2.58. The summed E-state index contributed by atoms with van der Waals surface area (Å²) >= 11 is 0. The molecule has 0 aromatic carbocycles. The van der Waals surface area contributed by atoms with Gasteiger partial charge in [0.2, 0.25) is 5.91 Å². The summed E-state index contributed by atoms with van der Waals surface area (Å²) in [7, 11) is 1.41. The first kappa shape index (κ1) is 10.3. The molecule has 0 bridgehead atoms. The standard InChI is InChI=1S/C8H12F3NO/c1-7(8(9,10)11)4-3-5-12(2)6(7)13/h3-5H2,1-2H3. The number of halogens is 3. The van der Waals surface area contributed by atoms with Crippen LogP contribution in [0.5, 0.6) is 0 Å². The summed E-state index contributed by atoms with van der Waals surface area (Å²) in [6.45, 7) is 1.40. The summed E-state index contributed by atoms with van der Waals surface area (Å²) < 4.78 is 37.5. The molecule has 0 radical (unpaired) electrons. The Hall–Kier alpha value is -0.740. The fourth-order valence-electron chi connectivity index (χ4n) is 1.56. The maximum atomic E-state index is 12.5. The van der Waals surface area contributed by atoms with Crippen molar-refractivity contribution in [3.63, 3.8) is 0 Å². The molecule has 0 aliphatic carbocycles. The van der Waals surface area contributed by atoms with Crippen molar-refractivity contribution in [3.05, 3.63) is 0 Å². The van der Waals surface area contributed by atoms with E-state index in [0.717, 1.165) is 11.8 Å². The molecule has 1 unspecified atom stereocenters. The number of alkyl halides is 3. The Balaban J connectivity index is 2.95. The number of carbonyl (C=O) groups is 1. The Morgan fingerprint density at radius 3 is 2.38 bits per heavy atom. The van der Waals surface area contributed by atoms with Crippen LogP contribution < -0.4 is 0 Å². The normalized spacial score (nSPS) is 30.8. The van der Waals surface area contributed by atoms with Gasteiger partial charge in [-0.2, -0.15) is 13.2 Å². The average Bonchev–Trinajstić information content (AvgIpc) is 1.98. The Morgan fingerprint density at radius 1 is 1.46 bits per heavy atom. The molecule has 1 heterocycles. The van der Waals surface area contributed by atoms with Crippen LogP contribution in [0.25, 0.3) is 0 Å². The van der Waals surface area contributed by atoms with Crippen LogP contribution >= 0.6 is 0 Å². The lowest BCUT2D eigenvalue weighted by molar-refractivity contribution is -0.228. The lowest BCUT2D eigenvalue weighted by atomic mass is 9.80. The van der Waals surface area contributed by atoms with Crippen LogP contribution in [-0.4, -0.2) is 30.6 Å². The fraction of sp³-hybridized carbons (Fsp3) is 0.875. The molecular weight excluding hydrogens is 183 g/mol. The highest BCUT2D eigenvalue weighted by atomic mass is 19.4. The molecule has 2 nitrogen and oxygen atoms in total. The van der Waals surface area contributed by atoms with E-state index in [0.29, 0.717) is 13.0 Å². The quantitative estimate of drug-likeness (QED) is 0.577. The molecule has 1 rings (SSSR count). The van der Waals surface area contributed by atoms with Gasteiger partial charge in [-0.1, -0.05) is 0 Å². The van der Waals surface area contributed by atoms with Gasteiger partial charge in [-0.3, -0.25) is 4.79 Å². The highest BCUT2D eigenvalue weighted by molar-refractivity contribution is 5.83. The molecule has 1 saturated heterocycles. The summed E-state index contributed by atoms with van der Waals surface area (Å²) in [5.74, 6) is -0.814. The largest absolute Gasteiger partial charge is 0.402 e. The second-order valence-corrected chi connectivity index (χ2v) is 3.66. The maximum Gasteiger partial charge on any atom is 0.402 e. The number of nitrogens with zero attached hydrogens (tertiary/aromatic N) is 1. The zero-order valence-corrected chi connectivity index (χ0v) is 7.61. The van der Waals surface area contributed by atoms with Crippen LogP contribution in [0.15, 0.2) is 0 Å². The van der Waals surface area contributed by atoms with Crippen LogP contribution in [-0.2, 0) is 4.79 Å². The molecular formula is C8H12F3NO. The number of hydrogen-bond donors (Lipinski definition) is 0. The summed E-state index contributed by atoms with van der Waals surface area (Å²) in [6, 6.07) is 0. The lowest BCUT2D eigenvalue weighted by Gasteiger charge is -2.38. The van der Waals surface area contributed by atoms with E-state index >= 15 is 0 Å². The van der Waals surface area contributed by atoms with Crippen molar-refractivity contribution >= 4 is 5.91 Å². The van der Waals surface area contributed by atoms with Gasteiger partial charge < -0.3 is 4.90 Å². The molecule has 1 amide bonds. The summed E-state index contributed by atoms with van der Waals surface area (Å²) in [5, 5.41) is 0. The molecule has 1 aliphatic heterocycles. The first-order valence-electron chi connectivity index (χ1n) is 4.11. The van der Waals surface area contributed by atoms with Crippen molar-refractivity contribution in [1.29, 1.82) is 0 Å². The van der Waals surface area contributed by atoms with E-state index in [-0.39, 0.29) is 6.42 Å². The van der Waals surface area contributed by atoms with Crippen LogP contribution in [0.2, 0.25) is 0 Å². The highest BCUT2D eigenvalue weighted by Crippen LogP contribution is 2.44. The first-order chi connectivity index (χ1) is 5.79. The van der Waals surface area contributed by atoms with Crippen LogP contribution in [0.1, 0.15) is 19.8 Å². The third-order valence-electron chi connectivity index (χ3n) is 2.61. The van der Waals surface area contributed by atoms with E-state index < -0.39 is 17.5 Å². The van der Waals surface area contributed by atoms with Gasteiger partial charge in [0.15, 0.2) is 0 Å². The van der Waals surface area contributed by atoms with Crippen LogP contribution in [0.4, 0.5) is 13.2 Å². The maximum absolute atomic E-state index is 12.5. The second-order valence-electron chi connectivity index (χ2n) is 3.66. The van der Waals surface area contributed by atoms with E-state index in [9.17, 15) is 18.0 Å². The van der Waals surface area contributed by atoms with Crippen molar-refractivity contribution in [2.45, 2.75) is 25.9 Å². The predicted octanol–water partition coefficient (Wildman–Crippen LogP) is 1.81. The van der Waals surface area contributed by atoms with Crippen molar-refractivity contribution in [2.24, 2.45) is 5.41 Å². The molecule has 0 N–H and O–H groups in total. The lowest BCUT2D eigenvalue weighted by Crippen LogP contribution is -2.52. The van der Waals surface area contributed by atoms with Gasteiger partial charge >= 0.3 is 6.18 Å². The summed E-state index contributed by atoms with van der Waals surface area (Å²) in [4.78, 5) is 12.4. The third-order valence-corrected chi connectivity index (χ3v) is 2.61. The zero-order valence-electron chi connectivity index (χ0n) is 7.61. The minimum Gasteiger partial charge on any atom is -0.345 e. The van der Waals surface area contributed by atoms with Gasteiger partial charge in [0.05, 0.1) is 0 Å². The van der Waals surface area contributed by atoms with Crippen molar-refractivity contribution in [2.75, 3.05) is 13.6 Å². The Morgan fingerprint density at radius 2 is 2.00 bits per heavy atom. The molecule has 1 atom stereocenters. The van der Waals surface area contributed by atoms with Gasteiger partial charge in [0.1, 0.15) is 5.41 Å². The van der Waals surface area contributed by atoms with Gasteiger partial charge in [-0.15, -0.1) is 0 Å². The van der Waals surface area contributed by atoms with E-state index in [2.05, 4.69) is 0 Å². The first-order valence-corrected chi connectivity index (χ1v) is 4.11. The molecule has 0 aromatic heterocycles. The number of amides is 1. The smallest absolute Gasteiger partial charge is 0.345 e. The van der Waals surface area contributed by atoms with Gasteiger partial charge in [0, 0.05) is 13.6 Å². The monoisotopic (exact) mass is 195 g/mol. The second kappa shape index (κ2) is 2.89. The molecule has 1 fully saturated rings. The molecule has 0 saturated carbocycles. The number of rotatable bonds is 0. The molecule has 76 valence electrons. The van der Waals surface area contributed by atoms with Crippen LogP contribution in [0, 0.1) is 5.41 Å². The van der Waals surface area contributed by atoms with E-state index in [1.807, 2.05) is 0 Å². The minimum atomic E-state index is -4.43. The van der Waals surface area contributed by atoms with E-state index in [4.69, 9.17) is 0 Å². The summed E-state index contributed by atoms with van der Waals surface area (Å²) in [5.41, 5.74) is -2.17. The number of likely N-dealkylation sites (tertiary alicyclic amines) is 1. The number of piperidine rings is 1. The minimum absolute atomic E-state index is 0.0975. The summed E-state index contributed by atoms with van der Waals surface area (Å²) in [6.07, 6.45) is -4.11. The van der Waals surface area contributed by atoms with Crippen molar-refractivity contribution < 1.29 is 18.0 Å².